The monoisotopic (exact) mass is 307 g/mol. The van der Waals surface area contributed by atoms with Crippen LogP contribution in [-0.2, 0) is 11.3 Å². The Morgan fingerprint density at radius 2 is 2.04 bits per heavy atom. The number of nitrogens with zero attached hydrogens (tertiary/aromatic N) is 4. The SMILES string of the molecule is N#Cc1ccc(OCC(=O)NCc2nnc3ccccn23)cc1. The Bertz CT molecular complexity index is 864. The van der Waals surface area contributed by atoms with Crippen molar-refractivity contribution in [3.8, 4) is 11.8 Å². The fourth-order valence-corrected chi connectivity index (χ4v) is 2.01. The van der Waals surface area contributed by atoms with Crippen molar-refractivity contribution in [1.29, 1.82) is 5.26 Å². The predicted molar refractivity (Wildman–Crippen MR) is 81.5 cm³/mol. The van der Waals surface area contributed by atoms with E-state index in [1.807, 2.05) is 34.9 Å². The van der Waals surface area contributed by atoms with E-state index < -0.39 is 0 Å². The molecule has 1 aromatic carbocycles. The first-order chi connectivity index (χ1) is 11.3. The number of pyridine rings is 1. The van der Waals surface area contributed by atoms with Crippen molar-refractivity contribution in [2.45, 2.75) is 6.54 Å². The first kappa shape index (κ1) is 14.5. The van der Waals surface area contributed by atoms with Crippen LogP contribution in [0.4, 0.5) is 0 Å². The number of hydrogen-bond donors (Lipinski definition) is 1. The van der Waals surface area contributed by atoms with E-state index in [0.717, 1.165) is 5.65 Å². The number of carbonyl (C=O) groups excluding carboxylic acids is 1. The van der Waals surface area contributed by atoms with E-state index in [-0.39, 0.29) is 19.1 Å². The molecule has 0 saturated heterocycles. The zero-order chi connectivity index (χ0) is 16.1. The van der Waals surface area contributed by atoms with E-state index in [0.29, 0.717) is 17.1 Å². The van der Waals surface area contributed by atoms with Gasteiger partial charge in [-0.2, -0.15) is 5.26 Å². The van der Waals surface area contributed by atoms with Gasteiger partial charge in [0.15, 0.2) is 18.1 Å². The van der Waals surface area contributed by atoms with Crippen molar-refractivity contribution in [3.05, 3.63) is 60.0 Å². The predicted octanol–water partition coefficient (Wildman–Crippen LogP) is 1.30. The van der Waals surface area contributed by atoms with Crippen molar-refractivity contribution < 1.29 is 9.53 Å². The van der Waals surface area contributed by atoms with Gasteiger partial charge in [0.25, 0.3) is 5.91 Å². The van der Waals surface area contributed by atoms with Crippen LogP contribution in [0.15, 0.2) is 48.7 Å². The third-order valence-corrected chi connectivity index (χ3v) is 3.18. The molecular weight excluding hydrogens is 294 g/mol. The molecule has 0 saturated carbocycles. The first-order valence-corrected chi connectivity index (χ1v) is 6.94. The standard InChI is InChI=1S/C16H13N5O2/c17-9-12-4-6-13(7-5-12)23-11-16(22)18-10-15-20-19-14-3-1-2-8-21(14)15/h1-8H,10-11H2,(H,18,22). The molecule has 0 spiro atoms. The summed E-state index contributed by atoms with van der Waals surface area (Å²) in [4.78, 5) is 11.8. The summed E-state index contributed by atoms with van der Waals surface area (Å²) in [5.74, 6) is 0.918. The summed E-state index contributed by atoms with van der Waals surface area (Å²) in [6, 6.07) is 14.2. The minimum Gasteiger partial charge on any atom is -0.484 e. The Kier molecular flexibility index (Phi) is 4.16. The molecule has 0 aliphatic heterocycles. The average Bonchev–Trinajstić information content (AvgIpc) is 3.02. The van der Waals surface area contributed by atoms with Gasteiger partial charge in [-0.05, 0) is 36.4 Å². The second-order valence-electron chi connectivity index (χ2n) is 4.75. The molecule has 3 rings (SSSR count). The number of amides is 1. The number of aromatic nitrogens is 3. The highest BCUT2D eigenvalue weighted by Crippen LogP contribution is 2.11. The van der Waals surface area contributed by atoms with Crippen LogP contribution < -0.4 is 10.1 Å². The van der Waals surface area contributed by atoms with Crippen molar-refractivity contribution in [3.63, 3.8) is 0 Å². The van der Waals surface area contributed by atoms with E-state index in [9.17, 15) is 4.79 Å². The molecule has 0 aliphatic carbocycles. The van der Waals surface area contributed by atoms with Gasteiger partial charge in [0.05, 0.1) is 18.2 Å². The van der Waals surface area contributed by atoms with Crippen LogP contribution in [0.3, 0.4) is 0 Å². The Hall–Kier alpha value is -3.40. The van der Waals surface area contributed by atoms with Crippen LogP contribution in [0.25, 0.3) is 5.65 Å². The van der Waals surface area contributed by atoms with Gasteiger partial charge in [0, 0.05) is 6.20 Å². The maximum absolute atomic E-state index is 11.8. The van der Waals surface area contributed by atoms with Gasteiger partial charge in [-0.15, -0.1) is 10.2 Å². The number of benzene rings is 1. The molecule has 0 unspecified atom stereocenters. The summed E-state index contributed by atoms with van der Waals surface area (Å²) < 4.78 is 7.17. The van der Waals surface area contributed by atoms with Gasteiger partial charge in [-0.3, -0.25) is 9.20 Å². The lowest BCUT2D eigenvalue weighted by molar-refractivity contribution is -0.123. The minimum absolute atomic E-state index is 0.108. The Labute approximate surface area is 132 Å². The molecule has 2 heterocycles. The maximum Gasteiger partial charge on any atom is 0.258 e. The molecule has 7 nitrogen and oxygen atoms in total. The van der Waals surface area contributed by atoms with Gasteiger partial charge >= 0.3 is 0 Å². The van der Waals surface area contributed by atoms with Gasteiger partial charge in [-0.25, -0.2) is 0 Å². The van der Waals surface area contributed by atoms with E-state index in [1.54, 1.807) is 24.3 Å². The molecule has 1 N–H and O–H groups in total. The number of rotatable bonds is 5. The highest BCUT2D eigenvalue weighted by molar-refractivity contribution is 5.77. The molecule has 0 aliphatic rings. The Balaban J connectivity index is 1.52. The third-order valence-electron chi connectivity index (χ3n) is 3.18. The van der Waals surface area contributed by atoms with Crippen LogP contribution in [-0.4, -0.2) is 27.1 Å². The van der Waals surface area contributed by atoms with Crippen LogP contribution >= 0.6 is 0 Å². The molecule has 114 valence electrons. The van der Waals surface area contributed by atoms with E-state index in [1.165, 1.54) is 0 Å². The second kappa shape index (κ2) is 6.58. The molecule has 3 aromatic rings. The van der Waals surface area contributed by atoms with Gasteiger partial charge in [-0.1, -0.05) is 6.07 Å². The smallest absolute Gasteiger partial charge is 0.258 e. The molecule has 23 heavy (non-hydrogen) atoms. The molecule has 0 atom stereocenters. The van der Waals surface area contributed by atoms with E-state index in [4.69, 9.17) is 10.00 Å². The van der Waals surface area contributed by atoms with Crippen LogP contribution in [0.2, 0.25) is 0 Å². The number of hydrogen-bond acceptors (Lipinski definition) is 5. The number of nitrogens with one attached hydrogen (secondary N) is 1. The highest BCUT2D eigenvalue weighted by Gasteiger charge is 2.07. The minimum atomic E-state index is -0.262. The van der Waals surface area contributed by atoms with Crippen molar-refractivity contribution >= 4 is 11.6 Å². The second-order valence-corrected chi connectivity index (χ2v) is 4.75. The number of ether oxygens (including phenoxy) is 1. The van der Waals surface area contributed by atoms with Gasteiger partial charge in [0.2, 0.25) is 0 Å². The zero-order valence-corrected chi connectivity index (χ0v) is 12.1. The maximum atomic E-state index is 11.8. The quantitative estimate of drug-likeness (QED) is 0.767. The lowest BCUT2D eigenvalue weighted by atomic mass is 10.2. The van der Waals surface area contributed by atoms with Crippen molar-refractivity contribution in [2.24, 2.45) is 0 Å². The largest absolute Gasteiger partial charge is 0.484 e. The summed E-state index contributed by atoms with van der Waals surface area (Å²) >= 11 is 0. The molecule has 1 amide bonds. The summed E-state index contributed by atoms with van der Waals surface area (Å²) in [5, 5.41) is 19.5. The average molecular weight is 307 g/mol. The topological polar surface area (TPSA) is 92.3 Å². The lowest BCUT2D eigenvalue weighted by Gasteiger charge is -2.07. The third kappa shape index (κ3) is 3.44. The number of carbonyl (C=O) groups is 1. The summed E-state index contributed by atoms with van der Waals surface area (Å²) in [6.07, 6.45) is 1.84. The lowest BCUT2D eigenvalue weighted by Crippen LogP contribution is -2.29. The summed E-state index contributed by atoms with van der Waals surface area (Å²) in [6.45, 7) is 0.156. The molecule has 0 bridgehead atoms. The van der Waals surface area contributed by atoms with Gasteiger partial charge < -0.3 is 10.1 Å². The summed E-state index contributed by atoms with van der Waals surface area (Å²) in [7, 11) is 0. The fourth-order valence-electron chi connectivity index (χ4n) is 2.01. The molecule has 0 fully saturated rings. The number of fused-ring (bicyclic) bond motifs is 1. The number of nitriles is 1. The van der Waals surface area contributed by atoms with Gasteiger partial charge in [0.1, 0.15) is 5.75 Å². The summed E-state index contributed by atoms with van der Waals surface area (Å²) in [5.41, 5.74) is 1.27. The van der Waals surface area contributed by atoms with Crippen LogP contribution in [0.1, 0.15) is 11.4 Å². The Morgan fingerprint density at radius 3 is 2.83 bits per heavy atom. The molecule has 2 aromatic heterocycles. The molecular formula is C16H13N5O2. The molecule has 7 heteroatoms. The van der Waals surface area contributed by atoms with E-state index >= 15 is 0 Å². The van der Waals surface area contributed by atoms with Crippen molar-refractivity contribution in [1.82, 2.24) is 19.9 Å². The van der Waals surface area contributed by atoms with Crippen LogP contribution in [0, 0.1) is 11.3 Å². The molecule has 0 radical (unpaired) electrons. The van der Waals surface area contributed by atoms with Crippen LogP contribution in [0.5, 0.6) is 5.75 Å². The fraction of sp³-hybridized carbons (Fsp3) is 0.125. The first-order valence-electron chi connectivity index (χ1n) is 6.94. The van der Waals surface area contributed by atoms with Crippen molar-refractivity contribution in [2.75, 3.05) is 6.61 Å². The van der Waals surface area contributed by atoms with E-state index in [2.05, 4.69) is 15.5 Å². The normalized spacial score (nSPS) is 10.2. The highest BCUT2D eigenvalue weighted by atomic mass is 16.5. The zero-order valence-electron chi connectivity index (χ0n) is 12.1. The Morgan fingerprint density at radius 1 is 1.22 bits per heavy atom.